The number of halogens is 2. The van der Waals surface area contributed by atoms with Gasteiger partial charge in [-0.1, -0.05) is 41.4 Å². The number of thiophene rings is 1. The Balaban J connectivity index is 1.66. The van der Waals surface area contributed by atoms with Crippen LogP contribution in [0.25, 0.3) is 0 Å². The number of benzene rings is 1. The summed E-state index contributed by atoms with van der Waals surface area (Å²) in [4.78, 5) is 45.5. The van der Waals surface area contributed by atoms with Crippen molar-refractivity contribution in [2.75, 3.05) is 45.9 Å². The van der Waals surface area contributed by atoms with Gasteiger partial charge in [0.05, 0.1) is 23.1 Å². The largest absolute Gasteiger partial charge is 0.463 e. The second kappa shape index (κ2) is 12.1. The first-order chi connectivity index (χ1) is 17.8. The predicted octanol–water partition coefficient (Wildman–Crippen LogP) is 4.58. The van der Waals surface area contributed by atoms with E-state index >= 15 is 0 Å². The Labute approximate surface area is 230 Å². The van der Waals surface area contributed by atoms with E-state index in [0.29, 0.717) is 64.5 Å². The fourth-order valence-corrected chi connectivity index (χ4v) is 5.70. The first-order valence-corrected chi connectivity index (χ1v) is 13.6. The number of hydrogen-bond acceptors (Lipinski definition) is 6. The molecule has 3 amide bonds. The maximum absolute atomic E-state index is 13.3. The van der Waals surface area contributed by atoms with Crippen molar-refractivity contribution >= 4 is 52.4 Å². The average molecular weight is 564 g/mol. The average Bonchev–Trinajstić information content (AvgIpc) is 3.41. The molecule has 11 heteroatoms. The topological polar surface area (TPSA) is 82.2 Å². The van der Waals surface area contributed by atoms with E-state index in [-0.39, 0.29) is 25.1 Å². The SMILES string of the molecule is C=CCN1C(=O)NC(c2ccc(Cl)cc2Cl)C(C(=O)OCC)=C1CN1CCN(C(=O)c2cccs2)CC1. The molecule has 1 atom stereocenters. The Kier molecular flexibility index (Phi) is 8.91. The third kappa shape index (κ3) is 6.01. The van der Waals surface area contributed by atoms with Crippen molar-refractivity contribution in [2.45, 2.75) is 13.0 Å². The summed E-state index contributed by atoms with van der Waals surface area (Å²) in [5, 5.41) is 5.57. The zero-order chi connectivity index (χ0) is 26.5. The summed E-state index contributed by atoms with van der Waals surface area (Å²) in [6.45, 7) is 8.47. The number of urea groups is 1. The highest BCUT2D eigenvalue weighted by Gasteiger charge is 2.39. The van der Waals surface area contributed by atoms with Gasteiger partial charge >= 0.3 is 12.0 Å². The van der Waals surface area contributed by atoms with E-state index in [1.807, 2.05) is 22.4 Å². The van der Waals surface area contributed by atoms with Gasteiger partial charge in [-0.25, -0.2) is 9.59 Å². The minimum atomic E-state index is -0.811. The summed E-state index contributed by atoms with van der Waals surface area (Å²) in [5.41, 5.74) is 1.38. The van der Waals surface area contributed by atoms with Crippen molar-refractivity contribution in [3.05, 3.63) is 80.1 Å². The van der Waals surface area contributed by atoms with Crippen LogP contribution in [0, 0.1) is 0 Å². The Hall–Kier alpha value is -2.85. The normalized spacial score (nSPS) is 18.6. The molecule has 2 aromatic rings. The summed E-state index contributed by atoms with van der Waals surface area (Å²) in [6, 6.07) is 7.45. The highest BCUT2D eigenvalue weighted by molar-refractivity contribution is 7.12. The zero-order valence-electron chi connectivity index (χ0n) is 20.4. The fourth-order valence-electron chi connectivity index (χ4n) is 4.49. The Bertz CT molecular complexity index is 1210. The second-order valence-corrected chi connectivity index (χ2v) is 10.4. The van der Waals surface area contributed by atoms with Gasteiger partial charge in [0, 0.05) is 55.0 Å². The highest BCUT2D eigenvalue weighted by atomic mass is 35.5. The molecule has 0 radical (unpaired) electrons. The number of ether oxygens (including phenoxy) is 1. The van der Waals surface area contributed by atoms with Gasteiger partial charge in [-0.05, 0) is 36.1 Å². The van der Waals surface area contributed by atoms with Gasteiger partial charge in [0.2, 0.25) is 0 Å². The van der Waals surface area contributed by atoms with Gasteiger partial charge in [-0.3, -0.25) is 14.6 Å². The van der Waals surface area contributed by atoms with Crippen LogP contribution in [0.5, 0.6) is 0 Å². The molecular formula is C26H28Cl2N4O4S. The third-order valence-corrected chi connectivity index (χ3v) is 7.70. The van der Waals surface area contributed by atoms with Crippen molar-refractivity contribution in [3.63, 3.8) is 0 Å². The molecule has 1 aromatic carbocycles. The number of nitrogens with zero attached hydrogens (tertiary/aromatic N) is 3. The number of amides is 3. The third-order valence-electron chi connectivity index (χ3n) is 6.28. The van der Waals surface area contributed by atoms with Crippen LogP contribution in [-0.4, -0.2) is 78.5 Å². The summed E-state index contributed by atoms with van der Waals surface area (Å²) in [7, 11) is 0. The molecule has 196 valence electrons. The monoisotopic (exact) mass is 562 g/mol. The number of esters is 1. The Morgan fingerprint density at radius 3 is 2.59 bits per heavy atom. The van der Waals surface area contributed by atoms with E-state index in [1.165, 1.54) is 16.2 Å². The van der Waals surface area contributed by atoms with E-state index in [9.17, 15) is 14.4 Å². The minimum absolute atomic E-state index is 0.0175. The molecule has 2 aliphatic rings. The Morgan fingerprint density at radius 1 is 1.22 bits per heavy atom. The molecule has 2 aliphatic heterocycles. The van der Waals surface area contributed by atoms with Crippen LogP contribution in [0.3, 0.4) is 0 Å². The number of piperazine rings is 1. The van der Waals surface area contributed by atoms with E-state index in [4.69, 9.17) is 27.9 Å². The van der Waals surface area contributed by atoms with E-state index in [2.05, 4.69) is 16.8 Å². The summed E-state index contributed by atoms with van der Waals surface area (Å²) in [6.07, 6.45) is 1.61. The minimum Gasteiger partial charge on any atom is -0.463 e. The zero-order valence-corrected chi connectivity index (χ0v) is 22.7. The molecule has 0 bridgehead atoms. The molecule has 3 heterocycles. The standard InChI is InChI=1S/C26H28Cl2N4O4S/c1-3-9-32-20(16-30-10-12-31(13-11-30)24(33)21-6-5-14-37-21)22(25(34)36-4-2)23(29-26(32)35)18-8-7-17(27)15-19(18)28/h3,5-8,14-15,23H,1,4,9-13,16H2,2H3,(H,29,35). The molecule has 0 saturated carbocycles. The number of carbonyl (C=O) groups is 3. The van der Waals surface area contributed by atoms with Crippen LogP contribution < -0.4 is 5.32 Å². The molecule has 1 aromatic heterocycles. The second-order valence-electron chi connectivity index (χ2n) is 8.57. The first kappa shape index (κ1) is 27.2. The van der Waals surface area contributed by atoms with E-state index < -0.39 is 12.0 Å². The van der Waals surface area contributed by atoms with Crippen LogP contribution >= 0.6 is 34.5 Å². The van der Waals surface area contributed by atoms with Crippen molar-refractivity contribution in [3.8, 4) is 0 Å². The van der Waals surface area contributed by atoms with Crippen LogP contribution in [0.4, 0.5) is 4.79 Å². The maximum Gasteiger partial charge on any atom is 0.338 e. The van der Waals surface area contributed by atoms with Crippen molar-refractivity contribution in [2.24, 2.45) is 0 Å². The van der Waals surface area contributed by atoms with Gasteiger partial charge < -0.3 is 15.0 Å². The van der Waals surface area contributed by atoms with Crippen LogP contribution in [0.2, 0.25) is 10.0 Å². The number of rotatable bonds is 8. The van der Waals surface area contributed by atoms with Crippen LogP contribution in [0.15, 0.2) is 59.6 Å². The van der Waals surface area contributed by atoms with Crippen LogP contribution in [0.1, 0.15) is 28.2 Å². The molecular weight excluding hydrogens is 535 g/mol. The van der Waals surface area contributed by atoms with Gasteiger partial charge in [0.25, 0.3) is 5.91 Å². The van der Waals surface area contributed by atoms with E-state index in [0.717, 1.165) is 0 Å². The van der Waals surface area contributed by atoms with Crippen molar-refractivity contribution in [1.29, 1.82) is 0 Å². The molecule has 1 saturated heterocycles. The van der Waals surface area contributed by atoms with Gasteiger partial charge in [0.15, 0.2) is 0 Å². The molecule has 37 heavy (non-hydrogen) atoms. The maximum atomic E-state index is 13.3. The summed E-state index contributed by atoms with van der Waals surface area (Å²) >= 11 is 14.0. The smallest absolute Gasteiger partial charge is 0.338 e. The van der Waals surface area contributed by atoms with Crippen LogP contribution in [-0.2, 0) is 9.53 Å². The molecule has 4 rings (SSSR count). The molecule has 0 spiro atoms. The first-order valence-electron chi connectivity index (χ1n) is 11.9. The van der Waals surface area contributed by atoms with Gasteiger partial charge in [0.1, 0.15) is 0 Å². The number of nitrogens with one attached hydrogen (secondary N) is 1. The molecule has 1 fully saturated rings. The lowest BCUT2D eigenvalue weighted by atomic mass is 9.94. The Morgan fingerprint density at radius 2 is 1.97 bits per heavy atom. The summed E-state index contributed by atoms with van der Waals surface area (Å²) < 4.78 is 5.43. The predicted molar refractivity (Wildman–Crippen MR) is 145 cm³/mol. The lowest BCUT2D eigenvalue weighted by Crippen LogP contribution is -2.53. The fraction of sp³-hybridized carbons (Fsp3) is 0.346. The lowest BCUT2D eigenvalue weighted by Gasteiger charge is -2.40. The molecule has 1 unspecified atom stereocenters. The van der Waals surface area contributed by atoms with E-state index in [1.54, 1.807) is 31.2 Å². The highest BCUT2D eigenvalue weighted by Crippen LogP contribution is 2.36. The van der Waals surface area contributed by atoms with Gasteiger partial charge in [-0.2, -0.15) is 0 Å². The van der Waals surface area contributed by atoms with Gasteiger partial charge in [-0.15, -0.1) is 17.9 Å². The number of carbonyl (C=O) groups excluding carboxylic acids is 3. The lowest BCUT2D eigenvalue weighted by molar-refractivity contribution is -0.139. The quantitative estimate of drug-likeness (QED) is 0.376. The van der Waals surface area contributed by atoms with Crippen molar-refractivity contribution < 1.29 is 19.1 Å². The summed E-state index contributed by atoms with van der Waals surface area (Å²) in [5.74, 6) is -0.516. The number of hydrogen-bond donors (Lipinski definition) is 1. The molecule has 8 nitrogen and oxygen atoms in total. The molecule has 0 aliphatic carbocycles. The molecule has 1 N–H and O–H groups in total. The van der Waals surface area contributed by atoms with Crippen molar-refractivity contribution in [1.82, 2.24) is 20.0 Å².